The third-order valence-electron chi connectivity index (χ3n) is 7.27. The Hall–Kier alpha value is -2.43. The van der Waals surface area contributed by atoms with Gasteiger partial charge >= 0.3 is 12.5 Å². The summed E-state index contributed by atoms with van der Waals surface area (Å²) in [6.07, 6.45) is -0.907. The molecule has 1 saturated heterocycles. The SMILES string of the molecule is CCCC1COC(C2CCC(/C=C/c3cc(F)c(-c4ccc(C(F)(F)OC(F)(F)F)cc4)c(F)c3)CC2)OC1. The van der Waals surface area contributed by atoms with Crippen LogP contribution in [0.4, 0.5) is 30.7 Å². The summed E-state index contributed by atoms with van der Waals surface area (Å²) in [5.41, 5.74) is -1.36. The van der Waals surface area contributed by atoms with Crippen molar-refractivity contribution in [3.05, 3.63) is 65.2 Å². The van der Waals surface area contributed by atoms with Gasteiger partial charge in [-0.25, -0.2) is 13.5 Å². The Balaban J connectivity index is 1.35. The number of halogens is 7. The zero-order valence-corrected chi connectivity index (χ0v) is 21.5. The van der Waals surface area contributed by atoms with Crippen molar-refractivity contribution in [2.45, 2.75) is 64.2 Å². The van der Waals surface area contributed by atoms with Gasteiger partial charge in [0.15, 0.2) is 6.29 Å². The van der Waals surface area contributed by atoms with Crippen LogP contribution in [0.25, 0.3) is 17.2 Å². The van der Waals surface area contributed by atoms with Gasteiger partial charge in [-0.3, -0.25) is 0 Å². The fourth-order valence-electron chi connectivity index (χ4n) is 5.26. The topological polar surface area (TPSA) is 27.7 Å². The van der Waals surface area contributed by atoms with Gasteiger partial charge in [0, 0.05) is 11.8 Å². The Kier molecular flexibility index (Phi) is 9.39. The lowest BCUT2D eigenvalue weighted by Gasteiger charge is -2.37. The van der Waals surface area contributed by atoms with Gasteiger partial charge in [-0.1, -0.05) is 37.6 Å². The van der Waals surface area contributed by atoms with E-state index in [-0.39, 0.29) is 17.8 Å². The van der Waals surface area contributed by atoms with Gasteiger partial charge in [-0.2, -0.15) is 8.78 Å². The van der Waals surface area contributed by atoms with Gasteiger partial charge in [0.1, 0.15) is 11.6 Å². The molecule has 2 aromatic rings. The van der Waals surface area contributed by atoms with Crippen LogP contribution < -0.4 is 0 Å². The van der Waals surface area contributed by atoms with Crippen molar-refractivity contribution in [1.82, 2.24) is 0 Å². The Morgan fingerprint density at radius 2 is 1.49 bits per heavy atom. The molecule has 2 aromatic carbocycles. The second kappa shape index (κ2) is 12.4. The Bertz CT molecular complexity index is 1090. The molecule has 4 rings (SSSR count). The molecule has 1 aliphatic heterocycles. The van der Waals surface area contributed by atoms with Gasteiger partial charge in [0.2, 0.25) is 0 Å². The van der Waals surface area contributed by atoms with Crippen molar-refractivity contribution < 1.29 is 44.9 Å². The predicted octanol–water partition coefficient (Wildman–Crippen LogP) is 8.83. The van der Waals surface area contributed by atoms with Crippen LogP contribution in [0.3, 0.4) is 0 Å². The molecule has 0 bridgehead atoms. The molecular formula is C29H31F7O3. The first-order chi connectivity index (χ1) is 18.4. The maximum Gasteiger partial charge on any atom is 0.527 e. The fraction of sp³-hybridized carbons (Fsp3) is 0.517. The summed E-state index contributed by atoms with van der Waals surface area (Å²) < 4.78 is 108. The number of allylic oxidation sites excluding steroid dienone is 1. The van der Waals surface area contributed by atoms with E-state index in [1.165, 1.54) is 0 Å². The third-order valence-corrected chi connectivity index (χ3v) is 7.27. The second-order valence-corrected chi connectivity index (χ2v) is 10.2. The molecule has 0 spiro atoms. The molecule has 1 aliphatic carbocycles. The Morgan fingerprint density at radius 1 is 0.897 bits per heavy atom. The van der Waals surface area contributed by atoms with Crippen LogP contribution in [0.1, 0.15) is 56.6 Å². The molecule has 0 atom stereocenters. The summed E-state index contributed by atoms with van der Waals surface area (Å²) in [6, 6.07) is 5.37. The standard InChI is InChI=1S/C29H31F7O3/c1-2-3-20-16-37-27(38-17-20)22-8-6-18(7-9-22)4-5-19-14-24(30)26(25(31)15-19)21-10-12-23(13-11-21)28(32,33)39-29(34,35)36/h4-5,10-15,18,20,22,27H,2-3,6-9,16-17H2,1H3/b5-4+. The molecule has 0 amide bonds. The monoisotopic (exact) mass is 560 g/mol. The highest BCUT2D eigenvalue weighted by Crippen LogP contribution is 2.38. The smallest absolute Gasteiger partial charge is 0.352 e. The summed E-state index contributed by atoms with van der Waals surface area (Å²) in [5.74, 6) is -0.802. The summed E-state index contributed by atoms with van der Waals surface area (Å²) in [5, 5.41) is 0. The first kappa shape index (κ1) is 29.6. The molecule has 0 radical (unpaired) electrons. The van der Waals surface area contributed by atoms with Gasteiger partial charge in [-0.05, 0) is 73.4 Å². The van der Waals surface area contributed by atoms with E-state index in [1.54, 1.807) is 6.08 Å². The summed E-state index contributed by atoms with van der Waals surface area (Å²) in [4.78, 5) is 0. The van der Waals surface area contributed by atoms with Crippen molar-refractivity contribution in [1.29, 1.82) is 0 Å². The lowest BCUT2D eigenvalue weighted by atomic mass is 9.81. The highest BCUT2D eigenvalue weighted by atomic mass is 19.4. The zero-order chi connectivity index (χ0) is 28.2. The molecule has 214 valence electrons. The first-order valence-electron chi connectivity index (χ1n) is 13.1. The predicted molar refractivity (Wildman–Crippen MR) is 131 cm³/mol. The lowest BCUT2D eigenvalue weighted by Crippen LogP contribution is -2.38. The van der Waals surface area contributed by atoms with E-state index in [1.807, 2.05) is 6.08 Å². The van der Waals surface area contributed by atoms with E-state index in [9.17, 15) is 30.7 Å². The van der Waals surface area contributed by atoms with E-state index in [2.05, 4.69) is 11.7 Å². The second-order valence-electron chi connectivity index (χ2n) is 10.2. The summed E-state index contributed by atoms with van der Waals surface area (Å²) in [7, 11) is 0. The number of hydrogen-bond acceptors (Lipinski definition) is 3. The molecular weight excluding hydrogens is 529 g/mol. The number of hydrogen-bond donors (Lipinski definition) is 0. The zero-order valence-electron chi connectivity index (χ0n) is 21.5. The van der Waals surface area contributed by atoms with E-state index in [0.717, 1.165) is 76.0 Å². The number of benzene rings is 2. The normalized spacial score (nSPS) is 24.8. The Labute approximate surface area is 222 Å². The van der Waals surface area contributed by atoms with Gasteiger partial charge in [0.05, 0.1) is 24.3 Å². The van der Waals surface area contributed by atoms with E-state index in [4.69, 9.17) is 9.47 Å². The minimum Gasteiger partial charge on any atom is -0.352 e. The maximum atomic E-state index is 14.8. The van der Waals surface area contributed by atoms with Crippen LogP contribution in [0.15, 0.2) is 42.5 Å². The number of alkyl halides is 5. The average molecular weight is 561 g/mol. The Morgan fingerprint density at radius 3 is 2.03 bits per heavy atom. The lowest BCUT2D eigenvalue weighted by molar-refractivity contribution is -0.431. The van der Waals surface area contributed by atoms with Crippen LogP contribution in [0.5, 0.6) is 0 Å². The van der Waals surface area contributed by atoms with Crippen LogP contribution in [0, 0.1) is 29.4 Å². The minimum absolute atomic E-state index is 0.0985. The largest absolute Gasteiger partial charge is 0.527 e. The van der Waals surface area contributed by atoms with Crippen molar-refractivity contribution in [2.75, 3.05) is 13.2 Å². The molecule has 2 aliphatic rings. The van der Waals surface area contributed by atoms with Gasteiger partial charge in [0.25, 0.3) is 0 Å². The van der Waals surface area contributed by atoms with E-state index in [0.29, 0.717) is 29.5 Å². The van der Waals surface area contributed by atoms with Crippen molar-refractivity contribution in [3.63, 3.8) is 0 Å². The number of rotatable bonds is 8. The highest BCUT2D eigenvalue weighted by molar-refractivity contribution is 5.67. The molecule has 1 saturated carbocycles. The molecule has 0 unspecified atom stereocenters. The first-order valence-corrected chi connectivity index (χ1v) is 13.1. The molecule has 10 heteroatoms. The third kappa shape index (κ3) is 7.83. The molecule has 2 fully saturated rings. The molecule has 0 aromatic heterocycles. The maximum absolute atomic E-state index is 14.8. The van der Waals surface area contributed by atoms with Crippen molar-refractivity contribution >= 4 is 6.08 Å². The van der Waals surface area contributed by atoms with E-state index < -0.39 is 35.2 Å². The van der Waals surface area contributed by atoms with Crippen LogP contribution >= 0.6 is 0 Å². The van der Waals surface area contributed by atoms with Gasteiger partial charge < -0.3 is 9.47 Å². The van der Waals surface area contributed by atoms with Gasteiger partial charge in [-0.15, -0.1) is 13.2 Å². The fourth-order valence-corrected chi connectivity index (χ4v) is 5.26. The molecule has 39 heavy (non-hydrogen) atoms. The van der Waals surface area contributed by atoms with Crippen molar-refractivity contribution in [2.24, 2.45) is 17.8 Å². The summed E-state index contributed by atoms with van der Waals surface area (Å²) in [6.45, 7) is 3.61. The average Bonchev–Trinajstić information content (AvgIpc) is 2.87. The molecule has 0 N–H and O–H groups in total. The van der Waals surface area contributed by atoms with Crippen LogP contribution in [0.2, 0.25) is 0 Å². The quantitative estimate of drug-likeness (QED) is 0.302. The number of ether oxygens (including phenoxy) is 3. The molecule has 1 heterocycles. The van der Waals surface area contributed by atoms with E-state index >= 15 is 0 Å². The van der Waals surface area contributed by atoms with Crippen LogP contribution in [-0.2, 0) is 20.3 Å². The summed E-state index contributed by atoms with van der Waals surface area (Å²) >= 11 is 0. The molecule has 3 nitrogen and oxygen atoms in total. The van der Waals surface area contributed by atoms with Crippen LogP contribution in [-0.4, -0.2) is 25.9 Å². The van der Waals surface area contributed by atoms with Crippen molar-refractivity contribution in [3.8, 4) is 11.1 Å². The minimum atomic E-state index is -5.56. The highest BCUT2D eigenvalue weighted by Gasteiger charge is 2.46.